The zero-order valence-corrected chi connectivity index (χ0v) is 17.5. The van der Waals surface area contributed by atoms with Gasteiger partial charge in [0.2, 0.25) is 0 Å². The standard InChI is InChI=1S/C25H17ClFN3O2/c26-18-4-3-5-20(13-18)30-24(31)22(28-25(30)32)12-17-15-29(23-7-2-1-6-21(17)23)14-16-8-10-19(27)11-9-16/h1-13,15H,14H2,(H,28,32)/b22-12+. The van der Waals surface area contributed by atoms with Gasteiger partial charge in [-0.3, -0.25) is 4.79 Å². The number of nitrogens with one attached hydrogen (secondary N) is 1. The second-order valence-corrected chi connectivity index (χ2v) is 7.90. The topological polar surface area (TPSA) is 54.3 Å². The van der Waals surface area contributed by atoms with Crippen molar-refractivity contribution in [2.45, 2.75) is 6.54 Å². The molecule has 4 aromatic rings. The van der Waals surface area contributed by atoms with Crippen LogP contribution in [-0.4, -0.2) is 16.5 Å². The molecular formula is C25H17ClFN3O2. The number of halogens is 2. The minimum Gasteiger partial charge on any atom is -0.342 e. The number of fused-ring (bicyclic) bond motifs is 1. The van der Waals surface area contributed by atoms with Gasteiger partial charge in [0.05, 0.1) is 5.69 Å². The summed E-state index contributed by atoms with van der Waals surface area (Å²) in [5.41, 5.74) is 3.29. The Morgan fingerprint density at radius 1 is 0.969 bits per heavy atom. The highest BCUT2D eigenvalue weighted by molar-refractivity contribution is 6.32. The first-order chi connectivity index (χ1) is 15.5. The molecule has 0 saturated carbocycles. The van der Waals surface area contributed by atoms with Gasteiger partial charge in [-0.25, -0.2) is 14.1 Å². The van der Waals surface area contributed by atoms with Crippen molar-refractivity contribution in [1.82, 2.24) is 9.88 Å². The van der Waals surface area contributed by atoms with Crippen LogP contribution >= 0.6 is 11.6 Å². The van der Waals surface area contributed by atoms with E-state index in [1.807, 2.05) is 35.0 Å². The highest BCUT2D eigenvalue weighted by atomic mass is 35.5. The van der Waals surface area contributed by atoms with Gasteiger partial charge in [0, 0.05) is 34.2 Å². The highest BCUT2D eigenvalue weighted by Crippen LogP contribution is 2.28. The number of anilines is 1. The predicted molar refractivity (Wildman–Crippen MR) is 123 cm³/mol. The van der Waals surface area contributed by atoms with Gasteiger partial charge < -0.3 is 9.88 Å². The Labute approximate surface area is 188 Å². The van der Waals surface area contributed by atoms with Crippen molar-refractivity contribution < 1.29 is 14.0 Å². The molecule has 0 bridgehead atoms. The summed E-state index contributed by atoms with van der Waals surface area (Å²) in [4.78, 5) is 26.6. The number of benzene rings is 3. The predicted octanol–water partition coefficient (Wildman–Crippen LogP) is 5.58. The Morgan fingerprint density at radius 3 is 2.53 bits per heavy atom. The van der Waals surface area contributed by atoms with Crippen LogP contribution in [0.2, 0.25) is 5.02 Å². The van der Waals surface area contributed by atoms with Crippen LogP contribution in [0.15, 0.2) is 84.7 Å². The van der Waals surface area contributed by atoms with E-state index in [9.17, 15) is 14.0 Å². The lowest BCUT2D eigenvalue weighted by atomic mass is 10.1. The van der Waals surface area contributed by atoms with E-state index in [2.05, 4.69) is 5.32 Å². The Morgan fingerprint density at radius 2 is 1.75 bits per heavy atom. The van der Waals surface area contributed by atoms with Gasteiger partial charge in [0.25, 0.3) is 5.91 Å². The second kappa shape index (κ2) is 7.98. The lowest BCUT2D eigenvalue weighted by Gasteiger charge is -2.11. The van der Waals surface area contributed by atoms with Crippen LogP contribution in [0, 0.1) is 5.82 Å². The summed E-state index contributed by atoms with van der Waals surface area (Å²) in [7, 11) is 0. The molecule has 1 saturated heterocycles. The van der Waals surface area contributed by atoms with Gasteiger partial charge in [-0.1, -0.05) is 48.0 Å². The minimum atomic E-state index is -0.529. The summed E-state index contributed by atoms with van der Waals surface area (Å²) in [5, 5.41) is 4.02. The molecule has 0 spiro atoms. The van der Waals surface area contributed by atoms with Gasteiger partial charge in [-0.2, -0.15) is 0 Å². The molecule has 3 amide bonds. The molecule has 0 aliphatic carbocycles. The summed E-state index contributed by atoms with van der Waals surface area (Å²) < 4.78 is 15.3. The lowest BCUT2D eigenvalue weighted by molar-refractivity contribution is -0.113. The number of imide groups is 1. The summed E-state index contributed by atoms with van der Waals surface area (Å²) >= 11 is 6.02. The van der Waals surface area contributed by atoms with Crippen LogP contribution in [0.4, 0.5) is 14.9 Å². The number of para-hydroxylation sites is 1. The third-order valence-corrected chi connectivity index (χ3v) is 5.57. The smallest absolute Gasteiger partial charge is 0.333 e. The molecule has 1 fully saturated rings. The number of hydrogen-bond acceptors (Lipinski definition) is 2. The van der Waals surface area contributed by atoms with E-state index in [4.69, 9.17) is 11.6 Å². The molecule has 0 atom stereocenters. The number of amides is 3. The third kappa shape index (κ3) is 3.65. The van der Waals surface area contributed by atoms with Gasteiger partial charge in [0.1, 0.15) is 11.5 Å². The summed E-state index contributed by atoms with van der Waals surface area (Å²) in [5.74, 6) is -0.732. The lowest BCUT2D eigenvalue weighted by Crippen LogP contribution is -2.30. The second-order valence-electron chi connectivity index (χ2n) is 7.46. The van der Waals surface area contributed by atoms with Crippen molar-refractivity contribution in [3.63, 3.8) is 0 Å². The van der Waals surface area contributed by atoms with Gasteiger partial charge in [-0.15, -0.1) is 0 Å². The summed E-state index contributed by atoms with van der Waals surface area (Å²) in [6.45, 7) is 0.541. The molecule has 0 radical (unpaired) electrons. The molecule has 5 rings (SSSR count). The Bertz CT molecular complexity index is 1390. The fourth-order valence-corrected chi connectivity index (χ4v) is 4.03. The molecule has 5 nitrogen and oxygen atoms in total. The van der Waals surface area contributed by atoms with Gasteiger partial charge >= 0.3 is 6.03 Å². The molecule has 1 aliphatic heterocycles. The Hall–Kier alpha value is -3.90. The van der Waals surface area contributed by atoms with Crippen molar-refractivity contribution in [3.05, 3.63) is 107 Å². The van der Waals surface area contributed by atoms with E-state index in [1.54, 1.807) is 42.5 Å². The molecule has 7 heteroatoms. The molecule has 32 heavy (non-hydrogen) atoms. The number of aromatic nitrogens is 1. The average molecular weight is 446 g/mol. The van der Waals surface area contributed by atoms with E-state index in [-0.39, 0.29) is 11.5 Å². The maximum absolute atomic E-state index is 13.3. The van der Waals surface area contributed by atoms with Crippen molar-refractivity contribution in [3.8, 4) is 0 Å². The van der Waals surface area contributed by atoms with Crippen molar-refractivity contribution in [2.75, 3.05) is 4.90 Å². The van der Waals surface area contributed by atoms with Crippen LogP contribution in [0.5, 0.6) is 0 Å². The average Bonchev–Trinajstić information content (AvgIpc) is 3.26. The minimum absolute atomic E-state index is 0.180. The Kier molecular flexibility index (Phi) is 4.99. The van der Waals surface area contributed by atoms with Crippen molar-refractivity contribution >= 4 is 46.2 Å². The molecule has 1 aliphatic rings. The van der Waals surface area contributed by atoms with Crippen molar-refractivity contribution in [2.24, 2.45) is 0 Å². The van der Waals surface area contributed by atoms with E-state index < -0.39 is 11.9 Å². The monoisotopic (exact) mass is 445 g/mol. The van der Waals surface area contributed by atoms with E-state index in [0.29, 0.717) is 17.3 Å². The summed E-state index contributed by atoms with van der Waals surface area (Å²) in [6.07, 6.45) is 3.59. The SMILES string of the molecule is O=C1N/C(=C/c2cn(Cc3ccc(F)cc3)c3ccccc23)C(=O)N1c1cccc(Cl)c1. The maximum Gasteiger partial charge on any atom is 0.333 e. The van der Waals surface area contributed by atoms with Gasteiger partial charge in [0.15, 0.2) is 0 Å². The molecule has 1 aromatic heterocycles. The number of nitrogens with zero attached hydrogens (tertiary/aromatic N) is 2. The molecular weight excluding hydrogens is 429 g/mol. The highest BCUT2D eigenvalue weighted by Gasteiger charge is 2.35. The number of carbonyl (C=O) groups is 2. The van der Waals surface area contributed by atoms with Gasteiger partial charge in [-0.05, 0) is 48.0 Å². The fourth-order valence-electron chi connectivity index (χ4n) is 3.85. The quantitative estimate of drug-likeness (QED) is 0.329. The molecule has 0 unspecified atom stereocenters. The summed E-state index contributed by atoms with van der Waals surface area (Å²) in [6, 6.07) is 20.2. The zero-order chi connectivity index (χ0) is 22.2. The normalized spacial score (nSPS) is 15.1. The van der Waals surface area contributed by atoms with Crippen LogP contribution in [0.1, 0.15) is 11.1 Å². The first kappa shape index (κ1) is 20.0. The molecule has 3 aromatic carbocycles. The number of hydrogen-bond donors (Lipinski definition) is 1. The van der Waals surface area contributed by atoms with Crippen LogP contribution in [-0.2, 0) is 11.3 Å². The zero-order valence-electron chi connectivity index (χ0n) is 16.8. The van der Waals surface area contributed by atoms with E-state index in [0.717, 1.165) is 26.9 Å². The number of rotatable bonds is 4. The van der Waals surface area contributed by atoms with Crippen LogP contribution in [0.3, 0.4) is 0 Å². The molecule has 1 N–H and O–H groups in total. The molecule has 2 heterocycles. The molecule has 158 valence electrons. The fraction of sp³-hybridized carbons (Fsp3) is 0.0400. The van der Waals surface area contributed by atoms with Crippen LogP contribution < -0.4 is 10.2 Å². The first-order valence-corrected chi connectivity index (χ1v) is 10.3. The Balaban J connectivity index is 1.52. The number of urea groups is 1. The van der Waals surface area contributed by atoms with Crippen molar-refractivity contribution in [1.29, 1.82) is 0 Å². The maximum atomic E-state index is 13.3. The first-order valence-electron chi connectivity index (χ1n) is 9.94. The largest absolute Gasteiger partial charge is 0.342 e. The van der Waals surface area contributed by atoms with Crippen LogP contribution in [0.25, 0.3) is 17.0 Å². The third-order valence-electron chi connectivity index (χ3n) is 5.33. The van der Waals surface area contributed by atoms with E-state index in [1.165, 1.54) is 12.1 Å². The number of carbonyl (C=O) groups excluding carboxylic acids is 2. The van der Waals surface area contributed by atoms with E-state index >= 15 is 0 Å².